The van der Waals surface area contributed by atoms with Crippen LogP contribution in [0.1, 0.15) is 34.1 Å². The van der Waals surface area contributed by atoms with Crippen LogP contribution in [0.25, 0.3) is 0 Å². The van der Waals surface area contributed by atoms with E-state index < -0.39 is 0 Å². The number of hydrogen-bond acceptors (Lipinski definition) is 1. The van der Waals surface area contributed by atoms with Gasteiger partial charge < -0.3 is 0 Å². The number of rotatable bonds is 2. The van der Waals surface area contributed by atoms with Gasteiger partial charge in [0.05, 0.1) is 0 Å². The Morgan fingerprint density at radius 2 is 1.89 bits per heavy atom. The number of hydrogen-bond donors (Lipinski definition) is 0. The minimum Gasteiger partial charge on any atom is -0.266 e. The molecule has 0 atom stereocenters. The summed E-state index contributed by atoms with van der Waals surface area (Å²) in [7, 11) is 0. The van der Waals surface area contributed by atoms with Crippen LogP contribution >= 0.6 is 0 Å². The second-order valence-electron chi connectivity index (χ2n) is 2.31. The van der Waals surface area contributed by atoms with Crippen LogP contribution < -0.4 is 0 Å². The zero-order valence-electron chi connectivity index (χ0n) is 6.73. The van der Waals surface area contributed by atoms with E-state index >= 15 is 0 Å². The summed E-state index contributed by atoms with van der Waals surface area (Å²) >= 11 is 0. The highest BCUT2D eigenvalue weighted by molar-refractivity contribution is 5.58. The summed E-state index contributed by atoms with van der Waals surface area (Å²) in [5.74, 6) is 0. The molecule has 0 saturated heterocycles. The Bertz CT molecular complexity index is 128. The number of allylic oxidation sites excluding steroid dienone is 2. The highest BCUT2D eigenvalue weighted by Gasteiger charge is 1.83. The molecule has 0 fully saturated rings. The minimum atomic E-state index is 1.02. The van der Waals surface area contributed by atoms with Crippen molar-refractivity contribution in [2.75, 3.05) is 0 Å². The number of nitrogens with zero attached hydrogens (tertiary/aromatic N) is 1. The maximum atomic E-state index is 4.20. The summed E-state index contributed by atoms with van der Waals surface area (Å²) in [6.07, 6.45) is 2.95. The van der Waals surface area contributed by atoms with Gasteiger partial charge in [-0.2, -0.15) is 0 Å². The third kappa shape index (κ3) is 3.95. The normalized spacial score (nSPS) is 10.2. The van der Waals surface area contributed by atoms with Gasteiger partial charge in [-0.15, -0.1) is 0 Å². The molecule has 0 spiro atoms. The summed E-state index contributed by atoms with van der Waals surface area (Å²) in [5, 5.41) is 0. The van der Waals surface area contributed by atoms with Crippen molar-refractivity contribution in [3.63, 3.8) is 0 Å². The third-order valence-corrected chi connectivity index (χ3v) is 1.19. The first-order chi connectivity index (χ1) is 4.18. The van der Waals surface area contributed by atoms with Crippen LogP contribution in [-0.4, -0.2) is 6.21 Å². The van der Waals surface area contributed by atoms with Gasteiger partial charge in [-0.1, -0.05) is 12.5 Å². The molecule has 0 aromatic heterocycles. The summed E-state index contributed by atoms with van der Waals surface area (Å²) in [5.41, 5.74) is 2.43. The van der Waals surface area contributed by atoms with Crippen LogP contribution in [0.15, 0.2) is 16.3 Å². The lowest BCUT2D eigenvalue weighted by Crippen LogP contribution is -1.75. The Balaban J connectivity index is 3.91. The average Bonchev–Trinajstić information content (AvgIpc) is 1.82. The fourth-order valence-corrected chi connectivity index (χ4v) is 0.357. The molecule has 0 unspecified atom stereocenters. The van der Waals surface area contributed by atoms with Crippen molar-refractivity contribution in [1.82, 2.24) is 0 Å². The lowest BCUT2D eigenvalue weighted by molar-refractivity contribution is 1.18. The van der Waals surface area contributed by atoms with Gasteiger partial charge in [-0.25, -0.2) is 0 Å². The monoisotopic (exact) mass is 125 g/mol. The SMILES string of the molecule is CCC=NC(C)=C(C)C. The molecule has 0 aliphatic carbocycles. The standard InChI is InChI=1S/C8H15N/c1-5-6-9-8(4)7(2)3/h6H,5H2,1-4H3. The van der Waals surface area contributed by atoms with Gasteiger partial charge in [0.15, 0.2) is 0 Å². The first-order valence-corrected chi connectivity index (χ1v) is 3.35. The fraction of sp³-hybridized carbons (Fsp3) is 0.625. The molecule has 0 amide bonds. The third-order valence-electron chi connectivity index (χ3n) is 1.19. The van der Waals surface area contributed by atoms with Crippen molar-refractivity contribution in [3.8, 4) is 0 Å². The minimum absolute atomic E-state index is 1.02. The van der Waals surface area contributed by atoms with Crippen LogP contribution in [0.2, 0.25) is 0 Å². The fourth-order valence-electron chi connectivity index (χ4n) is 0.357. The maximum Gasteiger partial charge on any atom is 0.0355 e. The average molecular weight is 125 g/mol. The quantitative estimate of drug-likeness (QED) is 0.503. The molecule has 0 saturated carbocycles. The predicted molar refractivity (Wildman–Crippen MR) is 42.8 cm³/mol. The second-order valence-corrected chi connectivity index (χ2v) is 2.31. The summed E-state index contributed by atoms with van der Waals surface area (Å²) < 4.78 is 0. The lowest BCUT2D eigenvalue weighted by atomic mass is 10.3. The van der Waals surface area contributed by atoms with Crippen LogP contribution in [-0.2, 0) is 0 Å². The summed E-state index contributed by atoms with van der Waals surface area (Å²) in [6.45, 7) is 8.26. The van der Waals surface area contributed by atoms with Crippen LogP contribution in [0.5, 0.6) is 0 Å². The van der Waals surface area contributed by atoms with Crippen molar-refractivity contribution in [3.05, 3.63) is 11.3 Å². The van der Waals surface area contributed by atoms with Crippen LogP contribution in [0.3, 0.4) is 0 Å². The van der Waals surface area contributed by atoms with E-state index in [9.17, 15) is 0 Å². The van der Waals surface area contributed by atoms with Crippen molar-refractivity contribution < 1.29 is 0 Å². The van der Waals surface area contributed by atoms with Crippen molar-refractivity contribution in [2.24, 2.45) is 4.99 Å². The Hall–Kier alpha value is -0.590. The van der Waals surface area contributed by atoms with Gasteiger partial charge in [-0.05, 0) is 27.2 Å². The van der Waals surface area contributed by atoms with Gasteiger partial charge in [-0.3, -0.25) is 4.99 Å². The van der Waals surface area contributed by atoms with E-state index in [-0.39, 0.29) is 0 Å². The molecule has 0 radical (unpaired) electrons. The Morgan fingerprint density at radius 1 is 1.33 bits per heavy atom. The molecule has 0 aliphatic heterocycles. The van der Waals surface area contributed by atoms with Crippen molar-refractivity contribution in [1.29, 1.82) is 0 Å². The smallest absolute Gasteiger partial charge is 0.0355 e. The predicted octanol–water partition coefficient (Wildman–Crippen LogP) is 2.78. The largest absolute Gasteiger partial charge is 0.266 e. The zero-order valence-corrected chi connectivity index (χ0v) is 6.73. The molecular weight excluding hydrogens is 110 g/mol. The van der Waals surface area contributed by atoms with E-state index in [1.807, 2.05) is 13.1 Å². The van der Waals surface area contributed by atoms with E-state index in [1.165, 1.54) is 5.57 Å². The molecular formula is C8H15N. The molecule has 0 aromatic rings. The van der Waals surface area contributed by atoms with Gasteiger partial charge in [0, 0.05) is 11.9 Å². The van der Waals surface area contributed by atoms with Crippen molar-refractivity contribution in [2.45, 2.75) is 34.1 Å². The second kappa shape index (κ2) is 4.30. The van der Waals surface area contributed by atoms with E-state index in [0.717, 1.165) is 12.1 Å². The Morgan fingerprint density at radius 3 is 2.22 bits per heavy atom. The first kappa shape index (κ1) is 8.41. The van der Waals surface area contributed by atoms with E-state index in [4.69, 9.17) is 0 Å². The topological polar surface area (TPSA) is 12.4 Å². The molecule has 0 rings (SSSR count). The van der Waals surface area contributed by atoms with Gasteiger partial charge >= 0.3 is 0 Å². The molecule has 1 heteroatoms. The van der Waals surface area contributed by atoms with E-state index in [0.29, 0.717) is 0 Å². The highest BCUT2D eigenvalue weighted by Crippen LogP contribution is 2.01. The van der Waals surface area contributed by atoms with E-state index in [1.54, 1.807) is 0 Å². The zero-order chi connectivity index (χ0) is 7.28. The molecule has 0 bridgehead atoms. The molecule has 0 aromatic carbocycles. The summed E-state index contributed by atoms with van der Waals surface area (Å²) in [4.78, 5) is 4.20. The van der Waals surface area contributed by atoms with Gasteiger partial charge in [0.1, 0.15) is 0 Å². The molecule has 0 N–H and O–H groups in total. The Labute approximate surface area is 57.5 Å². The molecule has 9 heavy (non-hydrogen) atoms. The molecule has 0 aliphatic rings. The van der Waals surface area contributed by atoms with Crippen molar-refractivity contribution >= 4 is 6.21 Å². The molecule has 1 nitrogen and oxygen atoms in total. The maximum absolute atomic E-state index is 4.20. The molecule has 0 heterocycles. The lowest BCUT2D eigenvalue weighted by Gasteiger charge is -1.92. The number of aliphatic imine (C=N–C) groups is 1. The van der Waals surface area contributed by atoms with Crippen LogP contribution in [0.4, 0.5) is 0 Å². The van der Waals surface area contributed by atoms with E-state index in [2.05, 4.69) is 25.8 Å². The molecule has 52 valence electrons. The Kier molecular flexibility index (Phi) is 4.02. The van der Waals surface area contributed by atoms with Gasteiger partial charge in [0.2, 0.25) is 0 Å². The van der Waals surface area contributed by atoms with Gasteiger partial charge in [0.25, 0.3) is 0 Å². The van der Waals surface area contributed by atoms with Crippen LogP contribution in [0, 0.1) is 0 Å². The summed E-state index contributed by atoms with van der Waals surface area (Å²) in [6, 6.07) is 0. The highest BCUT2D eigenvalue weighted by atomic mass is 14.7. The first-order valence-electron chi connectivity index (χ1n) is 3.35.